The first-order valence-corrected chi connectivity index (χ1v) is 17.3. The molecule has 0 aromatic rings. The van der Waals surface area contributed by atoms with Crippen molar-refractivity contribution < 1.29 is 33.4 Å². The molecule has 0 spiro atoms. The average Bonchev–Trinajstić information content (AvgIpc) is 3.26. The maximum Gasteiger partial charge on any atom is 0.307 e. The first-order valence-electron chi connectivity index (χ1n) is 17.3. The summed E-state index contributed by atoms with van der Waals surface area (Å²) in [5, 5.41) is 0. The van der Waals surface area contributed by atoms with Crippen molar-refractivity contribution in [3.63, 3.8) is 0 Å². The Morgan fingerprint density at radius 2 is 1.30 bits per heavy atom. The summed E-state index contributed by atoms with van der Waals surface area (Å²) in [6.07, 6.45) is 16.8. The van der Waals surface area contributed by atoms with Crippen LogP contribution >= 0.6 is 0 Å². The molecule has 8 nitrogen and oxygen atoms in total. The highest BCUT2D eigenvalue weighted by Gasteiger charge is 2.47. The minimum Gasteiger partial charge on any atom is -0.466 e. The molecule has 0 aliphatic heterocycles. The van der Waals surface area contributed by atoms with E-state index in [-0.39, 0.29) is 66.2 Å². The van der Waals surface area contributed by atoms with Gasteiger partial charge in [0.15, 0.2) is 11.6 Å². The Labute approximate surface area is 259 Å². The molecule has 0 aromatic carbocycles. The summed E-state index contributed by atoms with van der Waals surface area (Å²) in [5.74, 6) is -0.601. The Morgan fingerprint density at radius 1 is 0.767 bits per heavy atom. The molecule has 0 amide bonds. The second-order valence-electron chi connectivity index (χ2n) is 12.8. The van der Waals surface area contributed by atoms with Gasteiger partial charge in [-0.3, -0.25) is 24.1 Å². The fourth-order valence-electron chi connectivity index (χ4n) is 7.10. The van der Waals surface area contributed by atoms with Crippen LogP contribution in [0.2, 0.25) is 0 Å². The standard InChI is InChI=1S/C35H57NO7/c1-4-6-8-12-22-42-32(37)18-20-36(21-19-33(38)43-23-13-9-7-5-2)27-17-16-26(31(25-27)41-3)24-30-34(39)28-14-10-11-15-29(28)35(30)40/h24,26-29,31H,4-23,25H2,1-3H3. The highest BCUT2D eigenvalue weighted by molar-refractivity contribution is 6.27. The molecule has 244 valence electrons. The van der Waals surface area contributed by atoms with Crippen LogP contribution in [0.15, 0.2) is 11.6 Å². The van der Waals surface area contributed by atoms with E-state index in [9.17, 15) is 19.2 Å². The summed E-state index contributed by atoms with van der Waals surface area (Å²) < 4.78 is 16.9. The molecule has 3 aliphatic rings. The molecule has 0 bridgehead atoms. The second-order valence-corrected chi connectivity index (χ2v) is 12.8. The molecule has 3 aliphatic carbocycles. The van der Waals surface area contributed by atoms with E-state index in [2.05, 4.69) is 18.7 Å². The number of methoxy groups -OCH3 is 1. The highest BCUT2D eigenvalue weighted by Crippen LogP contribution is 2.42. The first-order chi connectivity index (χ1) is 20.9. The number of rotatable bonds is 19. The molecule has 43 heavy (non-hydrogen) atoms. The number of carbonyl (C=O) groups is 4. The molecule has 0 saturated heterocycles. The van der Waals surface area contributed by atoms with Crippen molar-refractivity contribution in [3.05, 3.63) is 11.6 Å². The quantitative estimate of drug-likeness (QED) is 0.0726. The number of ketones is 2. The van der Waals surface area contributed by atoms with E-state index in [1.165, 1.54) is 0 Å². The van der Waals surface area contributed by atoms with E-state index in [0.29, 0.717) is 38.3 Å². The Kier molecular flexibility index (Phi) is 15.9. The predicted octanol–water partition coefficient (Wildman–Crippen LogP) is 6.38. The van der Waals surface area contributed by atoms with Gasteiger partial charge >= 0.3 is 11.9 Å². The van der Waals surface area contributed by atoms with Gasteiger partial charge in [-0.05, 0) is 44.9 Å². The monoisotopic (exact) mass is 603 g/mol. The van der Waals surface area contributed by atoms with E-state index in [4.69, 9.17) is 14.2 Å². The molecular formula is C35H57NO7. The van der Waals surface area contributed by atoms with E-state index < -0.39 is 0 Å². The van der Waals surface area contributed by atoms with Crippen LogP contribution in [0, 0.1) is 17.8 Å². The SMILES string of the molecule is CCCCCCOC(=O)CCN(CCC(=O)OCCCCCC)C1CCC(C=C2C(=O)C3CCCCC3C2=O)C(OC)C1. The summed E-state index contributed by atoms with van der Waals surface area (Å²) in [7, 11) is 1.69. The summed E-state index contributed by atoms with van der Waals surface area (Å²) in [6, 6.07) is 0.117. The van der Waals surface area contributed by atoms with Gasteiger partial charge in [-0.25, -0.2) is 0 Å². The van der Waals surface area contributed by atoms with Crippen LogP contribution < -0.4 is 0 Å². The fraction of sp³-hybridized carbons (Fsp3) is 0.829. The zero-order valence-electron chi connectivity index (χ0n) is 27.1. The van der Waals surface area contributed by atoms with E-state index in [0.717, 1.165) is 89.9 Å². The molecule has 0 N–H and O–H groups in total. The number of ether oxygens (including phenoxy) is 3. The molecule has 0 heterocycles. The van der Waals surface area contributed by atoms with Crippen LogP contribution in [0.5, 0.6) is 0 Å². The molecule has 3 fully saturated rings. The molecular weight excluding hydrogens is 546 g/mol. The van der Waals surface area contributed by atoms with Gasteiger partial charge < -0.3 is 14.2 Å². The minimum atomic E-state index is -0.207. The van der Waals surface area contributed by atoms with Crippen molar-refractivity contribution >= 4 is 23.5 Å². The lowest BCUT2D eigenvalue weighted by Gasteiger charge is -2.40. The van der Waals surface area contributed by atoms with Gasteiger partial charge in [-0.15, -0.1) is 0 Å². The van der Waals surface area contributed by atoms with Crippen LogP contribution in [0.3, 0.4) is 0 Å². The third-order valence-corrected chi connectivity index (χ3v) is 9.71. The highest BCUT2D eigenvalue weighted by atomic mass is 16.5. The fourth-order valence-corrected chi connectivity index (χ4v) is 7.10. The van der Waals surface area contributed by atoms with Crippen molar-refractivity contribution in [2.24, 2.45) is 17.8 Å². The molecule has 8 heteroatoms. The Morgan fingerprint density at radius 3 is 1.79 bits per heavy atom. The van der Waals surface area contributed by atoms with E-state index >= 15 is 0 Å². The van der Waals surface area contributed by atoms with Crippen LogP contribution in [0.25, 0.3) is 0 Å². The van der Waals surface area contributed by atoms with Crippen LogP contribution in [0.4, 0.5) is 0 Å². The number of fused-ring (bicyclic) bond motifs is 1. The summed E-state index contributed by atoms with van der Waals surface area (Å²) in [6.45, 7) is 6.22. The number of nitrogens with zero attached hydrogens (tertiary/aromatic N) is 1. The third-order valence-electron chi connectivity index (χ3n) is 9.71. The Hall–Kier alpha value is -2.06. The number of carbonyl (C=O) groups excluding carboxylic acids is 4. The number of esters is 2. The predicted molar refractivity (Wildman–Crippen MR) is 166 cm³/mol. The molecule has 3 saturated carbocycles. The Balaban J connectivity index is 1.59. The number of hydrogen-bond donors (Lipinski definition) is 0. The number of allylic oxidation sites excluding steroid dienone is 1. The van der Waals surface area contributed by atoms with Gasteiger partial charge in [0.25, 0.3) is 0 Å². The topological polar surface area (TPSA) is 99.2 Å². The van der Waals surface area contributed by atoms with Gasteiger partial charge in [0, 0.05) is 44.0 Å². The molecule has 5 unspecified atom stereocenters. The maximum atomic E-state index is 13.1. The van der Waals surface area contributed by atoms with Crippen LogP contribution in [-0.4, -0.2) is 74.0 Å². The largest absolute Gasteiger partial charge is 0.466 e. The number of Topliss-reactive ketones (excluding diaryl/α,β-unsaturated/α-hetero) is 2. The van der Waals surface area contributed by atoms with Crippen molar-refractivity contribution in [1.29, 1.82) is 0 Å². The van der Waals surface area contributed by atoms with E-state index in [1.807, 2.05) is 6.08 Å². The van der Waals surface area contributed by atoms with Crippen LogP contribution in [-0.2, 0) is 33.4 Å². The van der Waals surface area contributed by atoms with Crippen molar-refractivity contribution in [1.82, 2.24) is 4.90 Å². The van der Waals surface area contributed by atoms with Gasteiger partial charge in [0.05, 0.1) is 37.7 Å². The second kappa shape index (κ2) is 19.4. The summed E-state index contributed by atoms with van der Waals surface area (Å²) in [4.78, 5) is 53.5. The normalized spacial score (nSPS) is 25.6. The van der Waals surface area contributed by atoms with Gasteiger partial charge in [0.1, 0.15) is 0 Å². The van der Waals surface area contributed by atoms with Gasteiger partial charge in [0.2, 0.25) is 0 Å². The average molecular weight is 604 g/mol. The van der Waals surface area contributed by atoms with Crippen molar-refractivity contribution in [3.8, 4) is 0 Å². The summed E-state index contributed by atoms with van der Waals surface area (Å²) >= 11 is 0. The smallest absolute Gasteiger partial charge is 0.307 e. The molecule has 5 atom stereocenters. The maximum absolute atomic E-state index is 13.1. The Bertz CT molecular complexity index is 875. The van der Waals surface area contributed by atoms with Crippen molar-refractivity contribution in [2.45, 2.75) is 135 Å². The van der Waals surface area contributed by atoms with E-state index in [1.54, 1.807) is 7.11 Å². The lowest BCUT2D eigenvalue weighted by Crippen LogP contribution is -2.45. The van der Waals surface area contributed by atoms with Gasteiger partial charge in [-0.2, -0.15) is 0 Å². The molecule has 0 radical (unpaired) electrons. The first kappa shape index (κ1) is 35.4. The zero-order valence-corrected chi connectivity index (χ0v) is 27.1. The van der Waals surface area contributed by atoms with Crippen molar-refractivity contribution in [2.75, 3.05) is 33.4 Å². The molecule has 0 aromatic heterocycles. The molecule has 3 rings (SSSR count). The zero-order chi connectivity index (χ0) is 31.0. The third kappa shape index (κ3) is 11.1. The lowest BCUT2D eigenvalue weighted by atomic mass is 9.81. The minimum absolute atomic E-state index is 0.00711. The van der Waals surface area contributed by atoms with Crippen LogP contribution in [0.1, 0.15) is 123 Å². The van der Waals surface area contributed by atoms with Gasteiger partial charge in [-0.1, -0.05) is 71.3 Å². The lowest BCUT2D eigenvalue weighted by molar-refractivity contribution is -0.144. The summed E-state index contributed by atoms with van der Waals surface area (Å²) in [5.41, 5.74) is 0.405. The number of unbranched alkanes of at least 4 members (excludes halogenated alkanes) is 6. The number of hydrogen-bond acceptors (Lipinski definition) is 8.